The molecular formula is C12H15NO4. The molecule has 5 heteroatoms. The number of hydrogen-bond acceptors (Lipinski definition) is 4. The van der Waals surface area contributed by atoms with Gasteiger partial charge < -0.3 is 4.74 Å². The van der Waals surface area contributed by atoms with Gasteiger partial charge in [-0.25, -0.2) is 4.79 Å². The number of allylic oxidation sites excluding steroid dienone is 1. The van der Waals surface area contributed by atoms with Crippen molar-refractivity contribution in [1.82, 2.24) is 4.90 Å². The fourth-order valence-corrected chi connectivity index (χ4v) is 2.34. The van der Waals surface area contributed by atoms with Crippen molar-refractivity contribution in [2.24, 2.45) is 11.8 Å². The van der Waals surface area contributed by atoms with Crippen molar-refractivity contribution in [2.75, 3.05) is 7.05 Å². The lowest BCUT2D eigenvalue weighted by molar-refractivity contribution is -0.145. The maximum absolute atomic E-state index is 11.9. The molecule has 92 valence electrons. The van der Waals surface area contributed by atoms with Crippen molar-refractivity contribution in [2.45, 2.75) is 26.4 Å². The Labute approximate surface area is 99.4 Å². The molecule has 1 fully saturated rings. The third-order valence-corrected chi connectivity index (χ3v) is 3.15. The maximum Gasteiger partial charge on any atom is 0.334 e. The Hall–Kier alpha value is -1.65. The van der Waals surface area contributed by atoms with Crippen molar-refractivity contribution in [1.29, 1.82) is 0 Å². The van der Waals surface area contributed by atoms with E-state index in [-0.39, 0.29) is 17.9 Å². The zero-order chi connectivity index (χ0) is 12.7. The Morgan fingerprint density at radius 1 is 1.41 bits per heavy atom. The second-order valence-corrected chi connectivity index (χ2v) is 4.67. The van der Waals surface area contributed by atoms with E-state index in [2.05, 4.69) is 0 Å². The number of imide groups is 1. The van der Waals surface area contributed by atoms with Gasteiger partial charge in [-0.05, 0) is 20.3 Å². The van der Waals surface area contributed by atoms with E-state index in [4.69, 9.17) is 4.74 Å². The number of rotatable bonds is 2. The molecule has 0 unspecified atom stereocenters. The summed E-state index contributed by atoms with van der Waals surface area (Å²) >= 11 is 0. The number of likely N-dealkylation sites (tertiary alicyclic amines) is 1. The number of fused-ring (bicyclic) bond motifs is 1. The average Bonchev–Trinajstić information content (AvgIpc) is 2.76. The van der Waals surface area contributed by atoms with E-state index in [1.54, 1.807) is 19.9 Å². The van der Waals surface area contributed by atoms with E-state index in [0.717, 1.165) is 4.90 Å². The van der Waals surface area contributed by atoms with Gasteiger partial charge in [0, 0.05) is 12.6 Å². The summed E-state index contributed by atoms with van der Waals surface area (Å²) in [7, 11) is 1.45. The largest absolute Gasteiger partial charge is 0.460 e. The first kappa shape index (κ1) is 11.8. The second kappa shape index (κ2) is 3.98. The molecule has 1 aliphatic carbocycles. The molecule has 0 radical (unpaired) electrons. The molecule has 2 rings (SSSR count). The molecule has 0 aromatic rings. The van der Waals surface area contributed by atoms with Crippen molar-refractivity contribution in [3.63, 3.8) is 0 Å². The molecule has 0 bridgehead atoms. The molecule has 2 atom stereocenters. The van der Waals surface area contributed by atoms with E-state index in [1.807, 2.05) is 0 Å². The quantitative estimate of drug-likeness (QED) is 0.518. The second-order valence-electron chi connectivity index (χ2n) is 4.67. The SMILES string of the molecule is CC(C)OC(=O)C1=CC[C@@H]2C(=O)N(C)C(=O)[C@H]12. The van der Waals surface area contributed by atoms with Gasteiger partial charge in [-0.1, -0.05) is 6.08 Å². The molecule has 0 saturated carbocycles. The molecule has 0 N–H and O–H groups in total. The molecule has 17 heavy (non-hydrogen) atoms. The molecule has 1 saturated heterocycles. The van der Waals surface area contributed by atoms with Crippen molar-refractivity contribution in [3.05, 3.63) is 11.6 Å². The van der Waals surface area contributed by atoms with Crippen molar-refractivity contribution >= 4 is 17.8 Å². The van der Waals surface area contributed by atoms with E-state index in [0.29, 0.717) is 12.0 Å². The summed E-state index contributed by atoms with van der Waals surface area (Å²) in [6.45, 7) is 3.50. The highest BCUT2D eigenvalue weighted by molar-refractivity contribution is 6.11. The van der Waals surface area contributed by atoms with E-state index < -0.39 is 17.8 Å². The normalized spacial score (nSPS) is 27.5. The Morgan fingerprint density at radius 3 is 2.65 bits per heavy atom. The fraction of sp³-hybridized carbons (Fsp3) is 0.583. The number of amides is 2. The summed E-state index contributed by atoms with van der Waals surface area (Å²) < 4.78 is 5.07. The topological polar surface area (TPSA) is 63.7 Å². The first-order chi connectivity index (χ1) is 7.93. The Bertz CT molecular complexity index is 424. The smallest absolute Gasteiger partial charge is 0.334 e. The van der Waals surface area contributed by atoms with Gasteiger partial charge in [-0.2, -0.15) is 0 Å². The zero-order valence-corrected chi connectivity index (χ0v) is 10.1. The van der Waals surface area contributed by atoms with Crippen LogP contribution in [0, 0.1) is 11.8 Å². The van der Waals surface area contributed by atoms with Crippen LogP contribution in [-0.4, -0.2) is 35.8 Å². The van der Waals surface area contributed by atoms with Crippen LogP contribution in [0.2, 0.25) is 0 Å². The van der Waals surface area contributed by atoms with Gasteiger partial charge in [0.25, 0.3) is 0 Å². The third kappa shape index (κ3) is 1.75. The highest BCUT2D eigenvalue weighted by atomic mass is 16.5. The average molecular weight is 237 g/mol. The summed E-state index contributed by atoms with van der Waals surface area (Å²) in [4.78, 5) is 36.4. The van der Waals surface area contributed by atoms with Crippen LogP contribution in [0.15, 0.2) is 11.6 Å². The lowest BCUT2D eigenvalue weighted by atomic mass is 9.94. The first-order valence-electron chi connectivity index (χ1n) is 5.66. The van der Waals surface area contributed by atoms with Gasteiger partial charge in [-0.3, -0.25) is 14.5 Å². The minimum Gasteiger partial charge on any atom is -0.460 e. The number of carbonyl (C=O) groups excluding carboxylic acids is 3. The van der Waals surface area contributed by atoms with Crippen LogP contribution in [0.4, 0.5) is 0 Å². The van der Waals surface area contributed by atoms with Gasteiger partial charge in [0.2, 0.25) is 11.8 Å². The molecule has 2 amide bonds. The molecule has 5 nitrogen and oxygen atoms in total. The third-order valence-electron chi connectivity index (χ3n) is 3.15. The highest BCUT2D eigenvalue weighted by Gasteiger charge is 2.51. The van der Waals surface area contributed by atoms with Gasteiger partial charge in [-0.15, -0.1) is 0 Å². The predicted octanol–water partition coefficient (Wildman–Crippen LogP) is 0.499. The van der Waals surface area contributed by atoms with Crippen LogP contribution in [0.25, 0.3) is 0 Å². The number of hydrogen-bond donors (Lipinski definition) is 0. The predicted molar refractivity (Wildman–Crippen MR) is 58.7 cm³/mol. The standard InChI is InChI=1S/C12H15NO4/c1-6(2)17-12(16)8-5-4-7-9(8)11(15)13(3)10(7)14/h5-7,9H,4H2,1-3H3/t7-,9-/m0/s1. The number of esters is 1. The van der Waals surface area contributed by atoms with E-state index >= 15 is 0 Å². The number of nitrogens with zero attached hydrogens (tertiary/aromatic N) is 1. The Balaban J connectivity index is 2.20. The van der Waals surface area contributed by atoms with Crippen LogP contribution in [0.3, 0.4) is 0 Å². The lowest BCUT2D eigenvalue weighted by Gasteiger charge is -2.13. The molecular weight excluding hydrogens is 222 g/mol. The minimum absolute atomic E-state index is 0.205. The summed E-state index contributed by atoms with van der Waals surface area (Å²) in [6.07, 6.45) is 1.87. The Kier molecular flexibility index (Phi) is 2.77. The van der Waals surface area contributed by atoms with Crippen LogP contribution < -0.4 is 0 Å². The molecule has 1 aliphatic heterocycles. The molecule has 2 aliphatic rings. The molecule has 0 spiro atoms. The van der Waals surface area contributed by atoms with Gasteiger partial charge >= 0.3 is 5.97 Å². The lowest BCUT2D eigenvalue weighted by Crippen LogP contribution is -2.28. The fourth-order valence-electron chi connectivity index (χ4n) is 2.34. The summed E-state index contributed by atoms with van der Waals surface area (Å²) in [5, 5.41) is 0. The minimum atomic E-state index is -0.626. The first-order valence-corrected chi connectivity index (χ1v) is 5.66. The van der Waals surface area contributed by atoms with Crippen LogP contribution in [0.5, 0.6) is 0 Å². The summed E-state index contributed by atoms with van der Waals surface area (Å²) in [6, 6.07) is 0. The molecule has 0 aromatic carbocycles. The number of carbonyl (C=O) groups is 3. The van der Waals surface area contributed by atoms with E-state index in [1.165, 1.54) is 7.05 Å². The summed E-state index contributed by atoms with van der Waals surface area (Å²) in [5.41, 5.74) is 0.339. The van der Waals surface area contributed by atoms with Crippen molar-refractivity contribution in [3.8, 4) is 0 Å². The molecule has 0 aromatic heterocycles. The van der Waals surface area contributed by atoms with Gasteiger partial charge in [0.05, 0.1) is 17.9 Å². The van der Waals surface area contributed by atoms with Crippen LogP contribution in [-0.2, 0) is 19.1 Å². The Morgan fingerprint density at radius 2 is 2.06 bits per heavy atom. The monoisotopic (exact) mass is 237 g/mol. The summed E-state index contributed by atoms with van der Waals surface area (Å²) in [5.74, 6) is -2.02. The zero-order valence-electron chi connectivity index (χ0n) is 10.1. The maximum atomic E-state index is 11.9. The highest BCUT2D eigenvalue weighted by Crippen LogP contribution is 2.39. The van der Waals surface area contributed by atoms with E-state index in [9.17, 15) is 14.4 Å². The van der Waals surface area contributed by atoms with Crippen molar-refractivity contribution < 1.29 is 19.1 Å². The van der Waals surface area contributed by atoms with Gasteiger partial charge in [0.1, 0.15) is 0 Å². The van der Waals surface area contributed by atoms with Crippen LogP contribution in [0.1, 0.15) is 20.3 Å². The van der Waals surface area contributed by atoms with Crippen LogP contribution >= 0.6 is 0 Å². The molecule has 1 heterocycles. The van der Waals surface area contributed by atoms with Gasteiger partial charge in [0.15, 0.2) is 0 Å². The number of ether oxygens (including phenoxy) is 1.